The van der Waals surface area contributed by atoms with Gasteiger partial charge in [-0.15, -0.1) is 0 Å². The number of aromatic nitrogens is 2. The first kappa shape index (κ1) is 21.5. The van der Waals surface area contributed by atoms with Gasteiger partial charge in [-0.25, -0.2) is 9.37 Å². The molecule has 0 aliphatic carbocycles. The lowest BCUT2D eigenvalue weighted by Crippen LogP contribution is -2.45. The van der Waals surface area contributed by atoms with E-state index in [1.54, 1.807) is 28.8 Å². The van der Waals surface area contributed by atoms with Crippen molar-refractivity contribution in [1.29, 1.82) is 5.26 Å². The fraction of sp³-hybridized carbons (Fsp3) is 0.240. The molecule has 0 bridgehead atoms. The molecular formula is C25H24FN5O. The molecule has 2 heterocycles. The summed E-state index contributed by atoms with van der Waals surface area (Å²) in [7, 11) is 0. The van der Waals surface area contributed by atoms with E-state index in [0.717, 1.165) is 24.9 Å². The van der Waals surface area contributed by atoms with Crippen LogP contribution in [0.4, 0.5) is 10.3 Å². The van der Waals surface area contributed by atoms with Gasteiger partial charge in [-0.2, -0.15) is 5.26 Å². The highest BCUT2D eigenvalue weighted by Crippen LogP contribution is 2.23. The summed E-state index contributed by atoms with van der Waals surface area (Å²) in [5, 5.41) is 9.51. The largest absolute Gasteiger partial charge is 0.341 e. The van der Waals surface area contributed by atoms with E-state index in [1.165, 1.54) is 18.3 Å². The Balaban J connectivity index is 1.82. The molecule has 4 rings (SSSR count). The SMILES string of the molecule is C=C(c1ccc(F)cc1)c1cnc(N2CCC[C@@H](N)C2)n(Cc2ccccc2C#N)c1=O. The zero-order valence-electron chi connectivity index (χ0n) is 17.7. The molecule has 0 radical (unpaired) electrons. The Bertz CT molecular complexity index is 1240. The van der Waals surface area contributed by atoms with Gasteiger partial charge in [0.15, 0.2) is 0 Å². The molecule has 1 saturated heterocycles. The Morgan fingerprint density at radius 2 is 2.00 bits per heavy atom. The summed E-state index contributed by atoms with van der Waals surface area (Å²) < 4.78 is 14.9. The van der Waals surface area contributed by atoms with Gasteiger partial charge in [0.25, 0.3) is 5.56 Å². The van der Waals surface area contributed by atoms with Gasteiger partial charge in [-0.1, -0.05) is 36.9 Å². The molecule has 0 spiro atoms. The molecule has 1 aromatic heterocycles. The summed E-state index contributed by atoms with van der Waals surface area (Å²) in [4.78, 5) is 20.3. The lowest BCUT2D eigenvalue weighted by atomic mass is 10.0. The van der Waals surface area contributed by atoms with Crippen LogP contribution in [0, 0.1) is 17.1 Å². The van der Waals surface area contributed by atoms with Gasteiger partial charge in [0.2, 0.25) is 5.95 Å². The third-order valence-corrected chi connectivity index (χ3v) is 5.75. The van der Waals surface area contributed by atoms with Crippen molar-refractivity contribution in [2.45, 2.75) is 25.4 Å². The molecular weight excluding hydrogens is 405 g/mol. The highest BCUT2D eigenvalue weighted by molar-refractivity contribution is 5.77. The van der Waals surface area contributed by atoms with Crippen molar-refractivity contribution in [2.24, 2.45) is 5.73 Å². The molecule has 1 aliphatic heterocycles. The number of anilines is 1. The van der Waals surface area contributed by atoms with Gasteiger partial charge in [-0.05, 0) is 47.7 Å². The minimum atomic E-state index is -0.359. The van der Waals surface area contributed by atoms with Gasteiger partial charge >= 0.3 is 0 Å². The second-order valence-corrected chi connectivity index (χ2v) is 7.97. The molecule has 0 amide bonds. The molecule has 1 aliphatic rings. The summed E-state index contributed by atoms with van der Waals surface area (Å²) in [5.41, 5.74) is 8.57. The zero-order valence-corrected chi connectivity index (χ0v) is 17.7. The molecule has 0 unspecified atom stereocenters. The van der Waals surface area contributed by atoms with Crippen LogP contribution in [0.2, 0.25) is 0 Å². The van der Waals surface area contributed by atoms with E-state index in [4.69, 9.17) is 5.73 Å². The monoisotopic (exact) mass is 429 g/mol. The van der Waals surface area contributed by atoms with Crippen LogP contribution in [0.1, 0.15) is 35.1 Å². The molecule has 3 aromatic rings. The minimum Gasteiger partial charge on any atom is -0.341 e. The fourth-order valence-corrected chi connectivity index (χ4v) is 4.02. The van der Waals surface area contributed by atoms with E-state index in [1.807, 2.05) is 17.0 Å². The normalized spacial score (nSPS) is 15.9. The van der Waals surface area contributed by atoms with E-state index in [2.05, 4.69) is 17.6 Å². The number of nitrogens with two attached hydrogens (primary N) is 1. The first-order valence-corrected chi connectivity index (χ1v) is 10.5. The highest BCUT2D eigenvalue weighted by Gasteiger charge is 2.23. The molecule has 162 valence electrons. The number of nitrogens with zero attached hydrogens (tertiary/aromatic N) is 4. The summed E-state index contributed by atoms with van der Waals surface area (Å²) >= 11 is 0. The van der Waals surface area contributed by atoms with Crippen molar-refractivity contribution in [3.8, 4) is 6.07 Å². The lowest BCUT2D eigenvalue weighted by Gasteiger charge is -2.33. The topological polar surface area (TPSA) is 87.9 Å². The number of halogens is 1. The van der Waals surface area contributed by atoms with Gasteiger partial charge in [0.1, 0.15) is 5.82 Å². The second kappa shape index (κ2) is 9.16. The maximum absolute atomic E-state index is 13.6. The van der Waals surface area contributed by atoms with E-state index in [9.17, 15) is 14.4 Å². The Morgan fingerprint density at radius 3 is 2.72 bits per heavy atom. The number of hydrogen-bond acceptors (Lipinski definition) is 5. The zero-order chi connectivity index (χ0) is 22.7. The minimum absolute atomic E-state index is 0.00866. The van der Waals surface area contributed by atoms with E-state index in [-0.39, 0.29) is 24.0 Å². The summed E-state index contributed by atoms with van der Waals surface area (Å²) in [6.45, 7) is 5.61. The molecule has 6 nitrogen and oxygen atoms in total. The van der Waals surface area contributed by atoms with E-state index >= 15 is 0 Å². The predicted molar refractivity (Wildman–Crippen MR) is 123 cm³/mol. The Labute approximate surface area is 186 Å². The molecule has 1 atom stereocenters. The fourth-order valence-electron chi connectivity index (χ4n) is 4.02. The number of hydrogen-bond donors (Lipinski definition) is 1. The molecule has 2 aromatic carbocycles. The van der Waals surface area contributed by atoms with Crippen molar-refractivity contribution in [3.05, 3.63) is 99.7 Å². The molecule has 2 N–H and O–H groups in total. The maximum atomic E-state index is 13.6. The molecule has 32 heavy (non-hydrogen) atoms. The van der Waals surface area contributed by atoms with Crippen molar-refractivity contribution < 1.29 is 4.39 Å². The van der Waals surface area contributed by atoms with E-state index in [0.29, 0.717) is 34.8 Å². The molecule has 0 saturated carbocycles. The Morgan fingerprint density at radius 1 is 1.25 bits per heavy atom. The Hall–Kier alpha value is -3.76. The first-order valence-electron chi connectivity index (χ1n) is 10.5. The number of piperidine rings is 1. The molecule has 7 heteroatoms. The smallest absolute Gasteiger partial charge is 0.263 e. The first-order chi connectivity index (χ1) is 15.5. The van der Waals surface area contributed by atoms with E-state index < -0.39 is 0 Å². The number of benzene rings is 2. The van der Waals surface area contributed by atoms with Crippen molar-refractivity contribution in [1.82, 2.24) is 9.55 Å². The van der Waals surface area contributed by atoms with Crippen molar-refractivity contribution in [2.75, 3.05) is 18.0 Å². The molecule has 1 fully saturated rings. The Kier molecular flexibility index (Phi) is 6.15. The van der Waals surface area contributed by atoms with Gasteiger partial charge in [-0.3, -0.25) is 9.36 Å². The summed E-state index contributed by atoms with van der Waals surface area (Å²) in [5.74, 6) is 0.163. The van der Waals surface area contributed by atoms with Crippen LogP contribution >= 0.6 is 0 Å². The van der Waals surface area contributed by atoms with Crippen LogP contribution in [0.5, 0.6) is 0 Å². The number of rotatable bonds is 5. The quantitative estimate of drug-likeness (QED) is 0.672. The van der Waals surface area contributed by atoms with Gasteiger partial charge in [0.05, 0.1) is 23.7 Å². The average Bonchev–Trinajstić information content (AvgIpc) is 2.80. The van der Waals surface area contributed by atoms with Crippen LogP contribution < -0.4 is 16.2 Å². The van der Waals surface area contributed by atoms with Crippen LogP contribution in [-0.4, -0.2) is 28.7 Å². The predicted octanol–water partition coefficient (Wildman–Crippen LogP) is 3.29. The lowest BCUT2D eigenvalue weighted by molar-refractivity contribution is 0.490. The van der Waals surface area contributed by atoms with Crippen LogP contribution in [0.3, 0.4) is 0 Å². The van der Waals surface area contributed by atoms with Crippen LogP contribution in [0.25, 0.3) is 5.57 Å². The highest BCUT2D eigenvalue weighted by atomic mass is 19.1. The van der Waals surface area contributed by atoms with Crippen molar-refractivity contribution >= 4 is 11.5 Å². The third kappa shape index (κ3) is 4.32. The van der Waals surface area contributed by atoms with Crippen molar-refractivity contribution in [3.63, 3.8) is 0 Å². The van der Waals surface area contributed by atoms with Crippen LogP contribution in [0.15, 0.2) is 66.1 Å². The third-order valence-electron chi connectivity index (χ3n) is 5.75. The van der Waals surface area contributed by atoms with Crippen LogP contribution in [-0.2, 0) is 6.54 Å². The van der Waals surface area contributed by atoms with Gasteiger partial charge in [0, 0.05) is 25.3 Å². The summed E-state index contributed by atoms with van der Waals surface area (Å²) in [6, 6.07) is 15.2. The van der Waals surface area contributed by atoms with Gasteiger partial charge < -0.3 is 10.6 Å². The maximum Gasteiger partial charge on any atom is 0.263 e. The standard InChI is InChI=1S/C25H24FN5O/c1-17(18-8-10-21(26)11-9-18)23-14-29-25(30-12-4-7-22(28)16-30)31(24(23)32)15-20-6-3-2-5-19(20)13-27/h2-3,5-6,8-11,14,22H,1,4,7,12,15-16,28H2/t22-/m1/s1. The summed E-state index contributed by atoms with van der Waals surface area (Å²) in [6.07, 6.45) is 3.36. The average molecular weight is 429 g/mol. The number of nitriles is 1. The second-order valence-electron chi connectivity index (χ2n) is 7.97.